The highest BCUT2D eigenvalue weighted by Gasteiger charge is 2.08. The van der Waals surface area contributed by atoms with E-state index in [1.165, 1.54) is 18.2 Å². The van der Waals surface area contributed by atoms with Crippen molar-refractivity contribution in [2.45, 2.75) is 0 Å². The molecule has 0 aliphatic carbocycles. The number of nitrogens with one attached hydrogen (secondary N) is 2. The molecule has 20 heavy (non-hydrogen) atoms. The van der Waals surface area contributed by atoms with Crippen LogP contribution in [0.15, 0.2) is 36.4 Å². The molecule has 2 aromatic carbocycles. The van der Waals surface area contributed by atoms with Gasteiger partial charge in [0.15, 0.2) is 10.9 Å². The maximum atomic E-state index is 13.6. The van der Waals surface area contributed by atoms with E-state index in [0.29, 0.717) is 0 Å². The number of rotatable bonds is 2. The molecule has 0 spiro atoms. The average Bonchev–Trinajstić information content (AvgIpc) is 2.33. The molecule has 0 fully saturated rings. The highest BCUT2D eigenvalue weighted by Crippen LogP contribution is 2.22. The molecule has 104 valence electrons. The average molecular weight is 317 g/mol. The molecule has 0 unspecified atom stereocenters. The van der Waals surface area contributed by atoms with Crippen LogP contribution in [0.25, 0.3) is 0 Å². The van der Waals surface area contributed by atoms with Crippen LogP contribution in [0.1, 0.15) is 0 Å². The fourth-order valence-electron chi connectivity index (χ4n) is 1.51. The lowest BCUT2D eigenvalue weighted by Gasteiger charge is -2.11. The smallest absolute Gasteiger partial charge is 0.175 e. The van der Waals surface area contributed by atoms with E-state index in [1.807, 2.05) is 0 Å². The van der Waals surface area contributed by atoms with E-state index in [-0.39, 0.29) is 21.5 Å². The Morgan fingerprint density at radius 2 is 1.65 bits per heavy atom. The molecule has 0 aromatic heterocycles. The van der Waals surface area contributed by atoms with Crippen molar-refractivity contribution in [3.05, 3.63) is 58.9 Å². The zero-order chi connectivity index (χ0) is 14.7. The number of hydrogen-bond acceptors (Lipinski definition) is 1. The first-order valence-electron chi connectivity index (χ1n) is 5.44. The molecule has 0 amide bonds. The number of hydrogen-bond donors (Lipinski definition) is 2. The summed E-state index contributed by atoms with van der Waals surface area (Å²) in [6.07, 6.45) is 0. The third-order valence-corrected chi connectivity index (χ3v) is 2.82. The highest BCUT2D eigenvalue weighted by atomic mass is 35.5. The van der Waals surface area contributed by atoms with Gasteiger partial charge in [-0.2, -0.15) is 0 Å². The Balaban J connectivity index is 2.11. The van der Waals surface area contributed by atoms with Gasteiger partial charge >= 0.3 is 0 Å². The zero-order valence-corrected chi connectivity index (χ0v) is 11.5. The van der Waals surface area contributed by atoms with E-state index in [0.717, 1.165) is 18.2 Å². The van der Waals surface area contributed by atoms with Gasteiger partial charge in [-0.1, -0.05) is 17.7 Å². The Bertz CT molecular complexity index is 644. The van der Waals surface area contributed by atoms with Crippen LogP contribution < -0.4 is 10.6 Å². The van der Waals surface area contributed by atoms with E-state index in [2.05, 4.69) is 10.6 Å². The first-order chi connectivity index (χ1) is 9.45. The van der Waals surface area contributed by atoms with Gasteiger partial charge in [0.05, 0.1) is 10.7 Å². The third kappa shape index (κ3) is 3.61. The van der Waals surface area contributed by atoms with Gasteiger partial charge in [0, 0.05) is 11.8 Å². The van der Waals surface area contributed by atoms with Crippen LogP contribution in [-0.2, 0) is 0 Å². The molecule has 2 nitrogen and oxygen atoms in total. The monoisotopic (exact) mass is 316 g/mol. The van der Waals surface area contributed by atoms with Crippen LogP contribution in [0.5, 0.6) is 0 Å². The molecule has 0 saturated heterocycles. The molecule has 0 aliphatic rings. The quantitative estimate of drug-likeness (QED) is 0.794. The standard InChI is InChI=1S/C13H8ClF3N2S/c14-10-2-1-3-11(12(10)17)19-13(20)18-9-5-7(15)4-8(16)6-9/h1-6H,(H2,18,19,20). The van der Waals surface area contributed by atoms with E-state index in [4.69, 9.17) is 23.8 Å². The molecule has 7 heteroatoms. The van der Waals surface area contributed by atoms with Gasteiger partial charge in [0.25, 0.3) is 0 Å². The molecule has 0 bridgehead atoms. The minimum Gasteiger partial charge on any atom is -0.332 e. The first-order valence-corrected chi connectivity index (χ1v) is 6.22. The summed E-state index contributed by atoms with van der Waals surface area (Å²) < 4.78 is 39.6. The Kier molecular flexibility index (Phi) is 4.46. The van der Waals surface area contributed by atoms with E-state index in [1.54, 1.807) is 0 Å². The maximum Gasteiger partial charge on any atom is 0.175 e. The summed E-state index contributed by atoms with van der Waals surface area (Å²) in [7, 11) is 0. The van der Waals surface area contributed by atoms with Crippen molar-refractivity contribution in [1.29, 1.82) is 0 Å². The van der Waals surface area contributed by atoms with Crippen molar-refractivity contribution in [1.82, 2.24) is 0 Å². The topological polar surface area (TPSA) is 24.1 Å². The van der Waals surface area contributed by atoms with Crippen molar-refractivity contribution >= 4 is 40.3 Å². The molecular formula is C13H8ClF3N2S. The summed E-state index contributed by atoms with van der Waals surface area (Å²) in [5.74, 6) is -2.16. The van der Waals surface area contributed by atoms with Gasteiger partial charge in [-0.3, -0.25) is 0 Å². The van der Waals surface area contributed by atoms with Gasteiger partial charge < -0.3 is 10.6 Å². The lowest BCUT2D eigenvalue weighted by molar-refractivity contribution is 0.584. The van der Waals surface area contributed by atoms with Crippen LogP contribution >= 0.6 is 23.8 Å². The van der Waals surface area contributed by atoms with Crippen LogP contribution in [0.3, 0.4) is 0 Å². The molecular weight excluding hydrogens is 309 g/mol. The van der Waals surface area contributed by atoms with E-state index < -0.39 is 17.5 Å². The second kappa shape index (κ2) is 6.11. The molecule has 0 aliphatic heterocycles. The summed E-state index contributed by atoms with van der Waals surface area (Å²) >= 11 is 10.6. The Hall–Kier alpha value is -1.79. The summed E-state index contributed by atoms with van der Waals surface area (Å²) in [6, 6.07) is 7.22. The second-order valence-electron chi connectivity index (χ2n) is 3.84. The minimum absolute atomic E-state index is 0.0174. The zero-order valence-electron chi connectivity index (χ0n) is 9.88. The first kappa shape index (κ1) is 14.6. The maximum absolute atomic E-state index is 13.6. The van der Waals surface area contributed by atoms with Gasteiger partial charge in [-0.05, 0) is 36.5 Å². The van der Waals surface area contributed by atoms with Crippen molar-refractivity contribution in [3.8, 4) is 0 Å². The van der Waals surface area contributed by atoms with Crippen molar-refractivity contribution in [2.24, 2.45) is 0 Å². The largest absolute Gasteiger partial charge is 0.332 e. The Morgan fingerprint density at radius 3 is 2.30 bits per heavy atom. The lowest BCUT2D eigenvalue weighted by atomic mass is 10.3. The number of thiocarbonyl (C=S) groups is 1. The molecule has 0 atom stereocenters. The number of anilines is 2. The number of benzene rings is 2. The van der Waals surface area contributed by atoms with Gasteiger partial charge in [-0.15, -0.1) is 0 Å². The lowest BCUT2D eigenvalue weighted by Crippen LogP contribution is -2.20. The summed E-state index contributed by atoms with van der Waals surface area (Å²) in [6.45, 7) is 0. The molecule has 0 radical (unpaired) electrons. The molecule has 0 heterocycles. The number of halogens is 4. The van der Waals surface area contributed by atoms with Crippen LogP contribution in [-0.4, -0.2) is 5.11 Å². The van der Waals surface area contributed by atoms with Crippen LogP contribution in [0.2, 0.25) is 5.02 Å². The SMILES string of the molecule is Fc1cc(F)cc(NC(=S)Nc2cccc(Cl)c2F)c1. The molecule has 0 saturated carbocycles. The molecule has 2 N–H and O–H groups in total. The Morgan fingerprint density at radius 1 is 1.00 bits per heavy atom. The molecule has 2 aromatic rings. The predicted octanol–water partition coefficient (Wildman–Crippen LogP) is 4.57. The minimum atomic E-state index is -0.746. The fourth-order valence-corrected chi connectivity index (χ4v) is 1.91. The second-order valence-corrected chi connectivity index (χ2v) is 4.65. The van der Waals surface area contributed by atoms with E-state index in [9.17, 15) is 13.2 Å². The van der Waals surface area contributed by atoms with E-state index >= 15 is 0 Å². The van der Waals surface area contributed by atoms with Crippen molar-refractivity contribution < 1.29 is 13.2 Å². The van der Waals surface area contributed by atoms with Crippen LogP contribution in [0.4, 0.5) is 24.5 Å². The summed E-state index contributed by atoms with van der Waals surface area (Å²) in [5, 5.41) is 5.03. The van der Waals surface area contributed by atoms with Gasteiger partial charge in [0.1, 0.15) is 11.6 Å². The summed E-state index contributed by atoms with van der Waals surface area (Å²) in [5.41, 5.74) is 0.175. The predicted molar refractivity (Wildman–Crippen MR) is 77.6 cm³/mol. The fraction of sp³-hybridized carbons (Fsp3) is 0. The van der Waals surface area contributed by atoms with Gasteiger partial charge in [-0.25, -0.2) is 13.2 Å². The van der Waals surface area contributed by atoms with Crippen molar-refractivity contribution in [2.75, 3.05) is 10.6 Å². The van der Waals surface area contributed by atoms with Gasteiger partial charge in [0.2, 0.25) is 0 Å². The highest BCUT2D eigenvalue weighted by molar-refractivity contribution is 7.80. The summed E-state index contributed by atoms with van der Waals surface area (Å²) in [4.78, 5) is 0. The third-order valence-electron chi connectivity index (χ3n) is 2.32. The Labute approximate surface area is 123 Å². The molecule has 2 rings (SSSR count). The normalized spacial score (nSPS) is 10.2. The van der Waals surface area contributed by atoms with Crippen LogP contribution in [0, 0.1) is 17.5 Å². The van der Waals surface area contributed by atoms with Crippen molar-refractivity contribution in [3.63, 3.8) is 0 Å².